The SMILES string of the molecule is CC(Oc1ccccc1)C(=O)NCCn1nc(-c2ccc(Cl)cc2)ccc1=O. The molecule has 1 amide bonds. The number of ether oxygens (including phenoxy) is 1. The van der Waals surface area contributed by atoms with Gasteiger partial charge >= 0.3 is 0 Å². The van der Waals surface area contributed by atoms with E-state index in [0.717, 1.165) is 5.56 Å². The summed E-state index contributed by atoms with van der Waals surface area (Å²) in [6, 6.07) is 19.5. The molecule has 0 aliphatic heterocycles. The number of nitrogens with zero attached hydrogens (tertiary/aromatic N) is 2. The third kappa shape index (κ3) is 5.20. The van der Waals surface area contributed by atoms with Crippen molar-refractivity contribution < 1.29 is 9.53 Å². The lowest BCUT2D eigenvalue weighted by Gasteiger charge is -2.15. The Kier molecular flexibility index (Phi) is 6.45. The summed E-state index contributed by atoms with van der Waals surface area (Å²) in [6.45, 7) is 2.19. The second kappa shape index (κ2) is 9.19. The number of carbonyl (C=O) groups is 1. The van der Waals surface area contributed by atoms with Gasteiger partial charge < -0.3 is 10.1 Å². The monoisotopic (exact) mass is 397 g/mol. The summed E-state index contributed by atoms with van der Waals surface area (Å²) in [4.78, 5) is 24.2. The highest BCUT2D eigenvalue weighted by Crippen LogP contribution is 2.18. The zero-order valence-electron chi connectivity index (χ0n) is 15.3. The van der Waals surface area contributed by atoms with E-state index in [1.807, 2.05) is 30.3 Å². The van der Waals surface area contributed by atoms with E-state index >= 15 is 0 Å². The molecule has 144 valence electrons. The number of rotatable bonds is 7. The van der Waals surface area contributed by atoms with Gasteiger partial charge in [-0.15, -0.1) is 0 Å². The first kappa shape index (κ1) is 19.6. The molecular weight excluding hydrogens is 378 g/mol. The molecule has 0 aliphatic rings. The summed E-state index contributed by atoms with van der Waals surface area (Å²) in [7, 11) is 0. The van der Waals surface area contributed by atoms with Crippen molar-refractivity contribution in [1.82, 2.24) is 15.1 Å². The molecule has 7 heteroatoms. The van der Waals surface area contributed by atoms with Crippen LogP contribution in [0.4, 0.5) is 0 Å². The Morgan fingerprint density at radius 2 is 1.82 bits per heavy atom. The highest BCUT2D eigenvalue weighted by Gasteiger charge is 2.14. The average molecular weight is 398 g/mol. The van der Waals surface area contributed by atoms with Crippen molar-refractivity contribution >= 4 is 17.5 Å². The standard InChI is InChI=1S/C21H20ClN3O3/c1-15(28-18-5-3-2-4-6-18)21(27)23-13-14-25-20(26)12-11-19(24-25)16-7-9-17(22)10-8-16/h2-12,15H,13-14H2,1H3,(H,23,27). The van der Waals surface area contributed by atoms with E-state index in [4.69, 9.17) is 16.3 Å². The van der Waals surface area contributed by atoms with Crippen molar-refractivity contribution in [3.05, 3.63) is 82.1 Å². The van der Waals surface area contributed by atoms with Gasteiger partial charge in [0.15, 0.2) is 6.10 Å². The van der Waals surface area contributed by atoms with Gasteiger partial charge in [-0.1, -0.05) is 41.9 Å². The van der Waals surface area contributed by atoms with E-state index in [1.54, 1.807) is 37.3 Å². The van der Waals surface area contributed by atoms with Crippen LogP contribution in [-0.4, -0.2) is 28.3 Å². The highest BCUT2D eigenvalue weighted by molar-refractivity contribution is 6.30. The molecule has 0 saturated heterocycles. The molecule has 6 nitrogen and oxygen atoms in total. The number of aromatic nitrogens is 2. The maximum absolute atomic E-state index is 12.2. The predicted molar refractivity (Wildman–Crippen MR) is 108 cm³/mol. The maximum Gasteiger partial charge on any atom is 0.266 e. The number of nitrogens with one attached hydrogen (secondary N) is 1. The first-order valence-corrected chi connectivity index (χ1v) is 9.24. The van der Waals surface area contributed by atoms with Crippen molar-refractivity contribution in [1.29, 1.82) is 0 Å². The molecule has 0 saturated carbocycles. The zero-order valence-corrected chi connectivity index (χ0v) is 16.1. The number of carbonyl (C=O) groups excluding carboxylic acids is 1. The minimum absolute atomic E-state index is 0.236. The largest absolute Gasteiger partial charge is 0.481 e. The van der Waals surface area contributed by atoms with Crippen LogP contribution in [0.25, 0.3) is 11.3 Å². The quantitative estimate of drug-likeness (QED) is 0.664. The fourth-order valence-corrected chi connectivity index (χ4v) is 2.70. The smallest absolute Gasteiger partial charge is 0.266 e. The number of halogens is 1. The number of hydrogen-bond donors (Lipinski definition) is 1. The van der Waals surface area contributed by atoms with Gasteiger partial charge in [-0.05, 0) is 37.3 Å². The summed E-state index contributed by atoms with van der Waals surface area (Å²) in [5, 5.41) is 7.76. The summed E-state index contributed by atoms with van der Waals surface area (Å²) < 4.78 is 6.91. The molecule has 2 aromatic carbocycles. The predicted octanol–water partition coefficient (Wildman–Crippen LogP) is 3.15. The molecule has 1 unspecified atom stereocenters. The zero-order chi connectivity index (χ0) is 19.9. The molecule has 3 rings (SSSR count). The second-order valence-corrected chi connectivity index (χ2v) is 6.59. The van der Waals surface area contributed by atoms with E-state index in [0.29, 0.717) is 16.5 Å². The minimum Gasteiger partial charge on any atom is -0.481 e. The Morgan fingerprint density at radius 1 is 1.11 bits per heavy atom. The first-order chi connectivity index (χ1) is 13.5. The molecule has 28 heavy (non-hydrogen) atoms. The molecule has 0 aliphatic carbocycles. The van der Waals surface area contributed by atoms with Crippen LogP contribution >= 0.6 is 11.6 Å². The van der Waals surface area contributed by atoms with Gasteiger partial charge in [-0.3, -0.25) is 9.59 Å². The number of para-hydroxylation sites is 1. The van der Waals surface area contributed by atoms with Crippen molar-refractivity contribution in [2.24, 2.45) is 0 Å². The molecule has 1 heterocycles. The first-order valence-electron chi connectivity index (χ1n) is 8.86. The Labute approximate surface area is 167 Å². The minimum atomic E-state index is -0.646. The van der Waals surface area contributed by atoms with Crippen LogP contribution in [0, 0.1) is 0 Å². The van der Waals surface area contributed by atoms with Crippen molar-refractivity contribution in [2.75, 3.05) is 6.54 Å². The van der Waals surface area contributed by atoms with Crippen LogP contribution in [0.2, 0.25) is 5.02 Å². The lowest BCUT2D eigenvalue weighted by molar-refractivity contribution is -0.127. The lowest BCUT2D eigenvalue weighted by Crippen LogP contribution is -2.39. The second-order valence-electron chi connectivity index (χ2n) is 6.15. The Bertz CT molecular complexity index is 988. The van der Waals surface area contributed by atoms with Gasteiger partial charge in [0, 0.05) is 23.2 Å². The van der Waals surface area contributed by atoms with Gasteiger partial charge in [-0.2, -0.15) is 5.10 Å². The van der Waals surface area contributed by atoms with Gasteiger partial charge in [0.05, 0.1) is 12.2 Å². The van der Waals surface area contributed by atoms with Gasteiger partial charge in [0.1, 0.15) is 5.75 Å². The van der Waals surface area contributed by atoms with Crippen LogP contribution in [0.3, 0.4) is 0 Å². The Morgan fingerprint density at radius 3 is 2.54 bits per heavy atom. The van der Waals surface area contributed by atoms with Gasteiger partial charge in [-0.25, -0.2) is 4.68 Å². The van der Waals surface area contributed by atoms with E-state index in [2.05, 4.69) is 10.4 Å². The van der Waals surface area contributed by atoms with Crippen LogP contribution in [0.1, 0.15) is 6.92 Å². The third-order valence-corrected chi connectivity index (χ3v) is 4.31. The lowest BCUT2D eigenvalue weighted by atomic mass is 10.1. The number of benzene rings is 2. The average Bonchev–Trinajstić information content (AvgIpc) is 2.70. The van der Waals surface area contributed by atoms with Crippen LogP contribution < -0.4 is 15.6 Å². The molecule has 3 aromatic rings. The van der Waals surface area contributed by atoms with Crippen LogP contribution in [-0.2, 0) is 11.3 Å². The fraction of sp³-hybridized carbons (Fsp3) is 0.190. The molecular formula is C21H20ClN3O3. The summed E-state index contributed by atoms with van der Waals surface area (Å²) in [5.74, 6) is 0.365. The van der Waals surface area contributed by atoms with Crippen molar-refractivity contribution in [3.63, 3.8) is 0 Å². The Balaban J connectivity index is 1.58. The van der Waals surface area contributed by atoms with Crippen LogP contribution in [0.15, 0.2) is 71.5 Å². The summed E-state index contributed by atoms with van der Waals surface area (Å²) in [6.07, 6.45) is -0.646. The Hall–Kier alpha value is -3.12. The van der Waals surface area contributed by atoms with E-state index in [-0.39, 0.29) is 24.6 Å². The molecule has 1 atom stereocenters. The number of hydrogen-bond acceptors (Lipinski definition) is 4. The fourth-order valence-electron chi connectivity index (χ4n) is 2.57. The topological polar surface area (TPSA) is 73.2 Å². The normalized spacial score (nSPS) is 11.6. The van der Waals surface area contributed by atoms with Crippen molar-refractivity contribution in [2.45, 2.75) is 19.6 Å². The van der Waals surface area contributed by atoms with E-state index in [9.17, 15) is 9.59 Å². The van der Waals surface area contributed by atoms with Gasteiger partial charge in [0.2, 0.25) is 0 Å². The molecule has 1 aromatic heterocycles. The molecule has 0 radical (unpaired) electrons. The molecule has 0 fully saturated rings. The summed E-state index contributed by atoms with van der Waals surface area (Å²) >= 11 is 5.90. The van der Waals surface area contributed by atoms with E-state index < -0.39 is 6.10 Å². The molecule has 1 N–H and O–H groups in total. The third-order valence-electron chi connectivity index (χ3n) is 4.05. The van der Waals surface area contributed by atoms with Crippen molar-refractivity contribution in [3.8, 4) is 17.0 Å². The van der Waals surface area contributed by atoms with Gasteiger partial charge in [0.25, 0.3) is 11.5 Å². The van der Waals surface area contributed by atoms with E-state index in [1.165, 1.54) is 10.7 Å². The maximum atomic E-state index is 12.2. The summed E-state index contributed by atoms with van der Waals surface area (Å²) in [5.41, 5.74) is 1.27. The highest BCUT2D eigenvalue weighted by atomic mass is 35.5. The molecule has 0 bridgehead atoms. The van der Waals surface area contributed by atoms with Crippen LogP contribution in [0.5, 0.6) is 5.75 Å². The molecule has 0 spiro atoms. The number of amides is 1.